The number of halogens is 1. The summed E-state index contributed by atoms with van der Waals surface area (Å²) in [7, 11) is 0. The van der Waals surface area contributed by atoms with E-state index in [0.29, 0.717) is 11.1 Å². The molecule has 0 radical (unpaired) electrons. The molecule has 1 rings (SSSR count). The first kappa shape index (κ1) is 11.4. The molecule has 0 atom stereocenters. The number of benzene rings is 1. The minimum Gasteiger partial charge on any atom is -0.550 e. The number of ketones is 1. The van der Waals surface area contributed by atoms with Crippen LogP contribution >= 0.6 is 0 Å². The fourth-order valence-corrected chi connectivity index (χ4v) is 1.18. The van der Waals surface area contributed by atoms with Gasteiger partial charge in [0.05, 0.1) is 0 Å². The van der Waals surface area contributed by atoms with Crippen molar-refractivity contribution < 1.29 is 19.1 Å². The monoisotopic (exact) mass is 209 g/mol. The Bertz CT molecular complexity index is 399. The number of aliphatic carboxylic acids is 1. The molecule has 3 nitrogen and oxygen atoms in total. The molecule has 0 bridgehead atoms. The van der Waals surface area contributed by atoms with Crippen LogP contribution in [0.3, 0.4) is 0 Å². The van der Waals surface area contributed by atoms with Gasteiger partial charge in [0.15, 0.2) is 5.78 Å². The average Bonchev–Trinajstić information content (AvgIpc) is 2.18. The van der Waals surface area contributed by atoms with Crippen LogP contribution in [0.25, 0.3) is 0 Å². The molecule has 0 saturated carbocycles. The van der Waals surface area contributed by atoms with Crippen LogP contribution in [0.1, 0.15) is 28.8 Å². The highest BCUT2D eigenvalue weighted by Crippen LogP contribution is 2.11. The molecule has 0 fully saturated rings. The first-order valence-corrected chi connectivity index (χ1v) is 4.50. The van der Waals surface area contributed by atoms with Gasteiger partial charge in [-0.25, -0.2) is 4.39 Å². The van der Waals surface area contributed by atoms with E-state index in [1.807, 2.05) is 0 Å². The van der Waals surface area contributed by atoms with E-state index in [1.54, 1.807) is 6.92 Å². The maximum absolute atomic E-state index is 12.9. The average molecular weight is 209 g/mol. The fraction of sp³-hybridized carbons (Fsp3) is 0.273. The Morgan fingerprint density at radius 1 is 1.33 bits per heavy atom. The molecule has 0 heterocycles. The number of carboxylic acids is 1. The molecule has 0 aliphatic heterocycles. The van der Waals surface area contributed by atoms with Crippen molar-refractivity contribution in [2.75, 3.05) is 0 Å². The van der Waals surface area contributed by atoms with Crippen molar-refractivity contribution >= 4 is 11.8 Å². The van der Waals surface area contributed by atoms with Crippen molar-refractivity contribution in [2.24, 2.45) is 0 Å². The summed E-state index contributed by atoms with van der Waals surface area (Å²) in [5.74, 6) is -1.96. The lowest BCUT2D eigenvalue weighted by molar-refractivity contribution is -0.305. The molecule has 0 aliphatic carbocycles. The topological polar surface area (TPSA) is 57.2 Å². The number of hydrogen-bond donors (Lipinski definition) is 0. The molecular formula is C11H10FO3-. The molecule has 0 unspecified atom stereocenters. The number of carboxylic acid groups (broad SMARTS) is 1. The second kappa shape index (κ2) is 4.68. The van der Waals surface area contributed by atoms with Gasteiger partial charge in [-0.15, -0.1) is 0 Å². The van der Waals surface area contributed by atoms with Gasteiger partial charge in [-0.1, -0.05) is 0 Å². The summed E-state index contributed by atoms with van der Waals surface area (Å²) in [6.07, 6.45) is -0.428. The predicted molar refractivity (Wildman–Crippen MR) is 49.7 cm³/mol. The summed E-state index contributed by atoms with van der Waals surface area (Å²) in [6.45, 7) is 1.55. The van der Waals surface area contributed by atoms with Gasteiger partial charge in [0, 0.05) is 18.0 Å². The zero-order chi connectivity index (χ0) is 11.4. The van der Waals surface area contributed by atoms with Gasteiger partial charge in [0.25, 0.3) is 0 Å². The highest BCUT2D eigenvalue weighted by Gasteiger charge is 2.07. The molecule has 80 valence electrons. The van der Waals surface area contributed by atoms with Gasteiger partial charge in [-0.05, 0) is 37.1 Å². The Balaban J connectivity index is 2.74. The molecular weight excluding hydrogens is 199 g/mol. The van der Waals surface area contributed by atoms with E-state index >= 15 is 0 Å². The Morgan fingerprint density at radius 3 is 2.53 bits per heavy atom. The van der Waals surface area contributed by atoms with E-state index in [0.717, 1.165) is 0 Å². The summed E-state index contributed by atoms with van der Waals surface area (Å²) >= 11 is 0. The molecule has 0 N–H and O–H groups in total. The summed E-state index contributed by atoms with van der Waals surface area (Å²) in [5, 5.41) is 10.1. The van der Waals surface area contributed by atoms with Gasteiger partial charge in [-0.3, -0.25) is 4.79 Å². The second-order valence-corrected chi connectivity index (χ2v) is 3.26. The predicted octanol–water partition coefficient (Wildman–Crippen LogP) is 0.847. The molecule has 1 aromatic rings. The highest BCUT2D eigenvalue weighted by atomic mass is 19.1. The van der Waals surface area contributed by atoms with E-state index in [-0.39, 0.29) is 24.4 Å². The Hall–Kier alpha value is -1.71. The lowest BCUT2D eigenvalue weighted by Gasteiger charge is -2.03. The maximum Gasteiger partial charge on any atom is 0.163 e. The number of Topliss-reactive ketones (excluding diaryl/α,β-unsaturated/α-hetero) is 1. The molecule has 0 aliphatic rings. The van der Waals surface area contributed by atoms with Crippen LogP contribution in [0.4, 0.5) is 4.39 Å². The number of carbonyl (C=O) groups excluding carboxylic acids is 2. The summed E-state index contributed by atoms with van der Waals surface area (Å²) < 4.78 is 12.9. The minimum atomic E-state index is -1.26. The lowest BCUT2D eigenvalue weighted by Crippen LogP contribution is -2.22. The van der Waals surface area contributed by atoms with E-state index in [4.69, 9.17) is 0 Å². The number of aryl methyl sites for hydroxylation is 1. The van der Waals surface area contributed by atoms with Gasteiger partial charge in [0.2, 0.25) is 0 Å². The SMILES string of the molecule is Cc1cc(C(=O)CCC(=O)[O-])ccc1F. The van der Waals surface area contributed by atoms with Gasteiger partial charge in [-0.2, -0.15) is 0 Å². The first-order valence-electron chi connectivity index (χ1n) is 4.50. The third-order valence-electron chi connectivity index (χ3n) is 2.04. The normalized spacial score (nSPS) is 10.0. The molecule has 0 aromatic heterocycles. The largest absolute Gasteiger partial charge is 0.550 e. The molecule has 15 heavy (non-hydrogen) atoms. The molecule has 0 spiro atoms. The highest BCUT2D eigenvalue weighted by molar-refractivity contribution is 5.97. The minimum absolute atomic E-state index is 0.118. The van der Waals surface area contributed by atoms with Crippen molar-refractivity contribution in [3.63, 3.8) is 0 Å². The summed E-state index contributed by atoms with van der Waals surface area (Å²) in [4.78, 5) is 21.5. The van der Waals surface area contributed by atoms with Crippen molar-refractivity contribution in [1.29, 1.82) is 0 Å². The number of hydrogen-bond acceptors (Lipinski definition) is 3. The lowest BCUT2D eigenvalue weighted by atomic mass is 10.0. The van der Waals surface area contributed by atoms with E-state index < -0.39 is 5.97 Å². The Morgan fingerprint density at radius 2 is 2.00 bits per heavy atom. The second-order valence-electron chi connectivity index (χ2n) is 3.26. The van der Waals surface area contributed by atoms with Crippen LogP contribution in [0.2, 0.25) is 0 Å². The third-order valence-corrected chi connectivity index (χ3v) is 2.04. The standard InChI is InChI=1S/C11H11FO3/c1-7-6-8(2-3-9(7)12)10(13)4-5-11(14)15/h2-3,6H,4-5H2,1H3,(H,14,15)/p-1. The van der Waals surface area contributed by atoms with Crippen molar-refractivity contribution in [3.05, 3.63) is 35.1 Å². The quantitative estimate of drug-likeness (QED) is 0.690. The number of carbonyl (C=O) groups is 2. The molecule has 0 saturated heterocycles. The van der Waals surface area contributed by atoms with Gasteiger partial charge in [0.1, 0.15) is 5.82 Å². The van der Waals surface area contributed by atoms with E-state index in [1.165, 1.54) is 18.2 Å². The van der Waals surface area contributed by atoms with Crippen LogP contribution in [0, 0.1) is 12.7 Å². The zero-order valence-corrected chi connectivity index (χ0v) is 8.25. The summed E-state index contributed by atoms with van der Waals surface area (Å²) in [6, 6.07) is 3.95. The maximum atomic E-state index is 12.9. The van der Waals surface area contributed by atoms with Crippen LogP contribution in [0.5, 0.6) is 0 Å². The van der Waals surface area contributed by atoms with E-state index in [2.05, 4.69) is 0 Å². The van der Waals surface area contributed by atoms with Crippen molar-refractivity contribution in [3.8, 4) is 0 Å². The smallest absolute Gasteiger partial charge is 0.163 e. The Kier molecular flexibility index (Phi) is 3.55. The van der Waals surface area contributed by atoms with Crippen molar-refractivity contribution in [2.45, 2.75) is 19.8 Å². The van der Waals surface area contributed by atoms with Crippen LogP contribution in [-0.4, -0.2) is 11.8 Å². The van der Waals surface area contributed by atoms with E-state index in [9.17, 15) is 19.1 Å². The zero-order valence-electron chi connectivity index (χ0n) is 8.25. The molecule has 4 heteroatoms. The van der Waals surface area contributed by atoms with Gasteiger partial charge >= 0.3 is 0 Å². The first-order chi connectivity index (χ1) is 7.00. The Labute approximate surface area is 86.5 Å². The fourth-order valence-electron chi connectivity index (χ4n) is 1.18. The van der Waals surface area contributed by atoms with Crippen molar-refractivity contribution in [1.82, 2.24) is 0 Å². The van der Waals surface area contributed by atoms with Crippen LogP contribution in [-0.2, 0) is 4.79 Å². The van der Waals surface area contributed by atoms with Crippen LogP contribution in [0.15, 0.2) is 18.2 Å². The molecule has 0 amide bonds. The van der Waals surface area contributed by atoms with Gasteiger partial charge < -0.3 is 9.90 Å². The number of rotatable bonds is 4. The third kappa shape index (κ3) is 3.16. The van der Waals surface area contributed by atoms with Crippen LogP contribution < -0.4 is 5.11 Å². The summed E-state index contributed by atoms with van der Waals surface area (Å²) in [5.41, 5.74) is 0.699. The molecule has 1 aromatic carbocycles.